The number of nitrogens with zero attached hydrogens (tertiary/aromatic N) is 5. The van der Waals surface area contributed by atoms with E-state index < -0.39 is 0 Å². The summed E-state index contributed by atoms with van der Waals surface area (Å²) >= 11 is 0. The highest BCUT2D eigenvalue weighted by Crippen LogP contribution is 2.39. The van der Waals surface area contributed by atoms with Gasteiger partial charge in [0.2, 0.25) is 5.91 Å². The lowest BCUT2D eigenvalue weighted by Crippen LogP contribution is -2.52. The molecule has 2 aromatic heterocycles. The summed E-state index contributed by atoms with van der Waals surface area (Å²) in [5.74, 6) is 3.88. The Labute approximate surface area is 153 Å². The summed E-state index contributed by atoms with van der Waals surface area (Å²) < 4.78 is 1.91. The molecule has 1 saturated heterocycles. The number of carbonyl (C=O) groups is 1. The van der Waals surface area contributed by atoms with Gasteiger partial charge in [-0.1, -0.05) is 12.8 Å². The second kappa shape index (κ2) is 6.52. The van der Waals surface area contributed by atoms with Gasteiger partial charge in [-0.2, -0.15) is 4.52 Å². The van der Waals surface area contributed by atoms with Crippen LogP contribution in [0.1, 0.15) is 56.7 Å². The van der Waals surface area contributed by atoms with Gasteiger partial charge in [-0.15, -0.1) is 15.3 Å². The van der Waals surface area contributed by atoms with Crippen molar-refractivity contribution in [1.82, 2.24) is 25.1 Å². The van der Waals surface area contributed by atoms with Crippen molar-refractivity contribution in [2.75, 3.05) is 24.5 Å². The Morgan fingerprint density at radius 3 is 2.65 bits per heavy atom. The largest absolute Gasteiger partial charge is 0.356 e. The molecule has 0 aromatic carbocycles. The van der Waals surface area contributed by atoms with E-state index in [9.17, 15) is 4.79 Å². The molecule has 0 radical (unpaired) electrons. The number of amides is 1. The van der Waals surface area contributed by atoms with Crippen molar-refractivity contribution >= 4 is 17.4 Å². The van der Waals surface area contributed by atoms with Crippen LogP contribution in [0.3, 0.4) is 0 Å². The summed E-state index contributed by atoms with van der Waals surface area (Å²) in [5.41, 5.74) is 0.826. The number of hydrogen-bond acceptors (Lipinski definition) is 5. The van der Waals surface area contributed by atoms with Crippen molar-refractivity contribution < 1.29 is 4.79 Å². The Kier molecular flexibility index (Phi) is 4.02. The van der Waals surface area contributed by atoms with Gasteiger partial charge < -0.3 is 10.2 Å². The van der Waals surface area contributed by atoms with E-state index in [0.717, 1.165) is 36.9 Å². The molecule has 2 aromatic rings. The first-order valence-electron chi connectivity index (χ1n) is 10.0. The van der Waals surface area contributed by atoms with Crippen LogP contribution in [0, 0.1) is 11.8 Å². The summed E-state index contributed by atoms with van der Waals surface area (Å²) in [4.78, 5) is 14.3. The molecular formula is C19H26N6O. The molecule has 26 heavy (non-hydrogen) atoms. The van der Waals surface area contributed by atoms with Gasteiger partial charge >= 0.3 is 0 Å². The first-order valence-corrected chi connectivity index (χ1v) is 10.0. The number of hydrogen-bond donors (Lipinski definition) is 1. The molecule has 3 fully saturated rings. The molecular weight excluding hydrogens is 328 g/mol. The first kappa shape index (κ1) is 16.0. The number of carbonyl (C=O) groups excluding carboxylic acids is 1. The van der Waals surface area contributed by atoms with Crippen molar-refractivity contribution in [1.29, 1.82) is 0 Å². The average Bonchev–Trinajstić information content (AvgIpc) is 3.15. The molecule has 3 aliphatic rings. The lowest BCUT2D eigenvalue weighted by molar-refractivity contribution is -0.122. The molecule has 2 saturated carbocycles. The third-order valence-corrected chi connectivity index (χ3v) is 6.03. The van der Waals surface area contributed by atoms with E-state index in [4.69, 9.17) is 5.10 Å². The molecule has 0 bridgehead atoms. The highest BCUT2D eigenvalue weighted by molar-refractivity contribution is 5.76. The van der Waals surface area contributed by atoms with Crippen LogP contribution in [0.25, 0.3) is 5.65 Å². The van der Waals surface area contributed by atoms with Crippen LogP contribution in [0.4, 0.5) is 5.82 Å². The molecule has 2 aliphatic carbocycles. The molecule has 5 rings (SSSR count). The number of fused-ring (bicyclic) bond motifs is 1. The lowest BCUT2D eigenvalue weighted by Gasteiger charge is -2.40. The van der Waals surface area contributed by atoms with E-state index in [1.807, 2.05) is 16.6 Å². The fourth-order valence-corrected chi connectivity index (χ4v) is 4.25. The SMILES string of the molecule is O=C(CC1CCCC1)NCC1CN(c2ccc3nnc(C4CC4)n3n2)C1. The Balaban J connectivity index is 1.13. The summed E-state index contributed by atoms with van der Waals surface area (Å²) in [7, 11) is 0. The van der Waals surface area contributed by atoms with Crippen LogP contribution in [0.15, 0.2) is 12.1 Å². The maximum Gasteiger partial charge on any atom is 0.220 e. The molecule has 1 aliphatic heterocycles. The van der Waals surface area contributed by atoms with E-state index in [-0.39, 0.29) is 5.91 Å². The number of anilines is 1. The number of nitrogens with one attached hydrogen (secondary N) is 1. The molecule has 1 amide bonds. The van der Waals surface area contributed by atoms with Crippen LogP contribution in [0.5, 0.6) is 0 Å². The van der Waals surface area contributed by atoms with Crippen molar-refractivity contribution in [3.8, 4) is 0 Å². The van der Waals surface area contributed by atoms with Gasteiger partial charge in [-0.25, -0.2) is 0 Å². The Morgan fingerprint density at radius 2 is 1.88 bits per heavy atom. The minimum absolute atomic E-state index is 0.230. The topological polar surface area (TPSA) is 75.4 Å². The number of rotatable bonds is 6. The van der Waals surface area contributed by atoms with Gasteiger partial charge in [-0.3, -0.25) is 4.79 Å². The van der Waals surface area contributed by atoms with Crippen molar-refractivity contribution in [2.45, 2.75) is 50.9 Å². The van der Waals surface area contributed by atoms with E-state index in [1.54, 1.807) is 0 Å². The van der Waals surface area contributed by atoms with Gasteiger partial charge in [0.25, 0.3) is 0 Å². The summed E-state index contributed by atoms with van der Waals surface area (Å²) in [6, 6.07) is 4.02. The van der Waals surface area contributed by atoms with Gasteiger partial charge in [-0.05, 0) is 43.7 Å². The standard InChI is InChI=1S/C19H26N6O/c26-18(9-13-3-1-2-4-13)20-10-14-11-24(12-14)17-8-7-16-21-22-19(15-5-6-15)25(16)23-17/h7-8,13-15H,1-6,9-12H2,(H,20,26). The summed E-state index contributed by atoms with van der Waals surface area (Å²) in [6.45, 7) is 2.68. The maximum atomic E-state index is 12.1. The van der Waals surface area contributed by atoms with Crippen LogP contribution < -0.4 is 10.2 Å². The van der Waals surface area contributed by atoms with E-state index in [2.05, 4.69) is 20.4 Å². The zero-order chi connectivity index (χ0) is 17.5. The van der Waals surface area contributed by atoms with E-state index in [0.29, 0.717) is 24.2 Å². The third kappa shape index (κ3) is 3.15. The minimum atomic E-state index is 0.230. The van der Waals surface area contributed by atoms with Crippen LogP contribution in [-0.2, 0) is 4.79 Å². The van der Waals surface area contributed by atoms with Gasteiger partial charge in [0.05, 0.1) is 0 Å². The third-order valence-electron chi connectivity index (χ3n) is 6.03. The van der Waals surface area contributed by atoms with Crippen molar-refractivity contribution in [3.05, 3.63) is 18.0 Å². The second-order valence-corrected chi connectivity index (χ2v) is 8.22. The summed E-state index contributed by atoms with van der Waals surface area (Å²) in [6.07, 6.45) is 8.14. The van der Waals surface area contributed by atoms with Crippen LogP contribution in [0.2, 0.25) is 0 Å². The molecule has 1 N–H and O–H groups in total. The quantitative estimate of drug-likeness (QED) is 0.860. The molecule has 0 atom stereocenters. The summed E-state index contributed by atoms with van der Waals surface area (Å²) in [5, 5.41) is 16.4. The van der Waals surface area contributed by atoms with Crippen LogP contribution >= 0.6 is 0 Å². The smallest absolute Gasteiger partial charge is 0.220 e. The highest BCUT2D eigenvalue weighted by Gasteiger charge is 2.31. The maximum absolute atomic E-state index is 12.1. The Morgan fingerprint density at radius 1 is 1.08 bits per heavy atom. The predicted molar refractivity (Wildman–Crippen MR) is 98.0 cm³/mol. The average molecular weight is 354 g/mol. The zero-order valence-electron chi connectivity index (χ0n) is 15.1. The molecule has 0 spiro atoms. The second-order valence-electron chi connectivity index (χ2n) is 8.22. The zero-order valence-corrected chi connectivity index (χ0v) is 15.1. The van der Waals surface area contributed by atoms with Gasteiger partial charge in [0.15, 0.2) is 11.5 Å². The fraction of sp³-hybridized carbons (Fsp3) is 0.684. The Bertz CT molecular complexity index is 801. The molecule has 0 unspecified atom stereocenters. The van der Waals surface area contributed by atoms with E-state index in [1.165, 1.54) is 38.5 Å². The highest BCUT2D eigenvalue weighted by atomic mass is 16.1. The van der Waals surface area contributed by atoms with Crippen LogP contribution in [-0.4, -0.2) is 45.4 Å². The molecule has 7 nitrogen and oxygen atoms in total. The molecule has 7 heteroatoms. The van der Waals surface area contributed by atoms with Crippen molar-refractivity contribution in [3.63, 3.8) is 0 Å². The monoisotopic (exact) mass is 354 g/mol. The lowest BCUT2D eigenvalue weighted by atomic mass is 9.99. The molecule has 138 valence electrons. The first-order chi connectivity index (χ1) is 12.8. The Hall–Kier alpha value is -2.18. The predicted octanol–water partition coefficient (Wildman–Crippen LogP) is 2.13. The van der Waals surface area contributed by atoms with Gasteiger partial charge in [0.1, 0.15) is 5.82 Å². The van der Waals surface area contributed by atoms with E-state index >= 15 is 0 Å². The molecule has 3 heterocycles. The normalized spacial score (nSPS) is 21.3. The number of aromatic nitrogens is 4. The minimum Gasteiger partial charge on any atom is -0.356 e. The van der Waals surface area contributed by atoms with Gasteiger partial charge in [0, 0.05) is 37.9 Å². The fourth-order valence-electron chi connectivity index (χ4n) is 4.25. The van der Waals surface area contributed by atoms with Crippen molar-refractivity contribution in [2.24, 2.45) is 11.8 Å².